The smallest absolute Gasteiger partial charge is 0.0656 e. The van der Waals surface area contributed by atoms with Crippen molar-refractivity contribution in [1.29, 1.82) is 0 Å². The van der Waals surface area contributed by atoms with Crippen LogP contribution >= 0.6 is 0 Å². The van der Waals surface area contributed by atoms with Crippen molar-refractivity contribution >= 4 is 26.5 Å². The molecule has 1 rings (SSSR count). The topological polar surface area (TPSA) is 0 Å². The number of hydrogen-bond acceptors (Lipinski definition) is 0. The maximum atomic E-state index is 2.49. The van der Waals surface area contributed by atoms with Gasteiger partial charge in [-0.05, 0) is 12.0 Å². The molecular weight excluding hydrogens is 224 g/mol. The van der Waals surface area contributed by atoms with Crippen LogP contribution in [0.2, 0.25) is 39.3 Å². The summed E-state index contributed by atoms with van der Waals surface area (Å²) in [5.74, 6) is 0. The van der Waals surface area contributed by atoms with Crippen molar-refractivity contribution < 1.29 is 0 Å². The molecule has 16 heavy (non-hydrogen) atoms. The lowest BCUT2D eigenvalue weighted by atomic mass is 10.2. The monoisotopic (exact) mass is 250 g/mol. The fourth-order valence-corrected chi connectivity index (χ4v) is 5.07. The maximum absolute atomic E-state index is 2.49. The standard InChI is InChI=1S/C14H26Si2/c1-8-12-11-13(15(2,3)4)9-10-14(12)16(5,6)7/h9-11H,8H2,1-7H3. The van der Waals surface area contributed by atoms with Crippen LogP contribution in [0.4, 0.5) is 0 Å². The predicted octanol–water partition coefficient (Wildman–Crippen LogP) is 3.34. The zero-order chi connectivity index (χ0) is 12.6. The Balaban J connectivity index is 3.28. The fourth-order valence-electron chi connectivity index (χ4n) is 2.08. The van der Waals surface area contributed by atoms with Gasteiger partial charge in [0.15, 0.2) is 0 Å². The van der Waals surface area contributed by atoms with E-state index in [1.165, 1.54) is 6.42 Å². The van der Waals surface area contributed by atoms with E-state index in [9.17, 15) is 0 Å². The van der Waals surface area contributed by atoms with Crippen LogP contribution in [-0.4, -0.2) is 16.1 Å². The Kier molecular flexibility index (Phi) is 3.85. The van der Waals surface area contributed by atoms with Crippen molar-refractivity contribution in [2.45, 2.75) is 52.6 Å². The second kappa shape index (κ2) is 4.49. The zero-order valence-corrected chi connectivity index (χ0v) is 13.9. The van der Waals surface area contributed by atoms with Crippen LogP contribution < -0.4 is 10.4 Å². The van der Waals surface area contributed by atoms with E-state index in [-0.39, 0.29) is 0 Å². The molecule has 0 saturated carbocycles. The molecule has 0 aliphatic carbocycles. The third-order valence-electron chi connectivity index (χ3n) is 3.16. The van der Waals surface area contributed by atoms with Gasteiger partial charge in [-0.2, -0.15) is 0 Å². The molecule has 0 aliphatic rings. The Morgan fingerprint density at radius 3 is 1.81 bits per heavy atom. The minimum Gasteiger partial charge on any atom is -0.0656 e. The van der Waals surface area contributed by atoms with Crippen LogP contribution in [0.25, 0.3) is 0 Å². The van der Waals surface area contributed by atoms with Crippen LogP contribution in [0.15, 0.2) is 18.2 Å². The van der Waals surface area contributed by atoms with Crippen molar-refractivity contribution in [3.05, 3.63) is 23.8 Å². The summed E-state index contributed by atoms with van der Waals surface area (Å²) in [5.41, 5.74) is 1.60. The molecule has 1 aromatic carbocycles. The van der Waals surface area contributed by atoms with E-state index < -0.39 is 16.1 Å². The molecule has 0 spiro atoms. The first-order chi connectivity index (χ1) is 7.16. The van der Waals surface area contributed by atoms with Crippen molar-refractivity contribution in [3.63, 3.8) is 0 Å². The van der Waals surface area contributed by atoms with Gasteiger partial charge in [-0.25, -0.2) is 0 Å². The Morgan fingerprint density at radius 2 is 1.44 bits per heavy atom. The van der Waals surface area contributed by atoms with E-state index in [0.717, 1.165) is 0 Å². The maximum Gasteiger partial charge on any atom is 0.0779 e. The minimum atomic E-state index is -1.17. The molecule has 0 atom stereocenters. The summed E-state index contributed by atoms with van der Waals surface area (Å²) in [6.07, 6.45) is 1.18. The first-order valence-corrected chi connectivity index (χ1v) is 13.3. The fraction of sp³-hybridized carbons (Fsp3) is 0.571. The van der Waals surface area contributed by atoms with Gasteiger partial charge in [0, 0.05) is 0 Å². The van der Waals surface area contributed by atoms with Crippen LogP contribution in [0.3, 0.4) is 0 Å². The predicted molar refractivity (Wildman–Crippen MR) is 81.8 cm³/mol. The minimum absolute atomic E-state index is 1.15. The summed E-state index contributed by atoms with van der Waals surface area (Å²) in [6.45, 7) is 16.9. The van der Waals surface area contributed by atoms with Gasteiger partial charge >= 0.3 is 0 Å². The number of aryl methyl sites for hydroxylation is 1. The Labute approximate surface area is 103 Å². The molecule has 0 fully saturated rings. The van der Waals surface area contributed by atoms with Crippen LogP contribution in [0.1, 0.15) is 12.5 Å². The summed E-state index contributed by atoms with van der Waals surface area (Å²) >= 11 is 0. The molecule has 0 radical (unpaired) electrons. The molecule has 0 saturated heterocycles. The van der Waals surface area contributed by atoms with Gasteiger partial charge in [0.25, 0.3) is 0 Å². The van der Waals surface area contributed by atoms with Gasteiger partial charge in [-0.15, -0.1) is 0 Å². The summed E-state index contributed by atoms with van der Waals surface area (Å²) in [4.78, 5) is 0. The lowest BCUT2D eigenvalue weighted by molar-refractivity contribution is 1.15. The van der Waals surface area contributed by atoms with E-state index in [1.807, 2.05) is 0 Å². The third kappa shape index (κ3) is 3.08. The summed E-state index contributed by atoms with van der Waals surface area (Å²) in [5, 5.41) is 3.25. The summed E-state index contributed by atoms with van der Waals surface area (Å²) < 4.78 is 0. The van der Waals surface area contributed by atoms with Gasteiger partial charge in [0.05, 0.1) is 16.1 Å². The van der Waals surface area contributed by atoms with Crippen molar-refractivity contribution in [2.75, 3.05) is 0 Å². The second-order valence-electron chi connectivity index (χ2n) is 6.73. The van der Waals surface area contributed by atoms with Gasteiger partial charge in [0.1, 0.15) is 0 Å². The van der Waals surface area contributed by atoms with Crippen LogP contribution in [-0.2, 0) is 6.42 Å². The Morgan fingerprint density at radius 1 is 0.875 bits per heavy atom. The van der Waals surface area contributed by atoms with Crippen LogP contribution in [0, 0.1) is 0 Å². The molecule has 0 heterocycles. The van der Waals surface area contributed by atoms with Crippen molar-refractivity contribution in [3.8, 4) is 0 Å². The molecule has 0 aromatic heterocycles. The Bertz CT molecular complexity index is 367. The molecule has 0 bridgehead atoms. The number of rotatable bonds is 3. The number of benzene rings is 1. The molecular formula is C14H26Si2. The highest BCUT2D eigenvalue weighted by Gasteiger charge is 2.22. The van der Waals surface area contributed by atoms with Gasteiger partial charge < -0.3 is 0 Å². The average molecular weight is 251 g/mol. The van der Waals surface area contributed by atoms with E-state index in [1.54, 1.807) is 15.9 Å². The first kappa shape index (κ1) is 13.7. The van der Waals surface area contributed by atoms with Crippen molar-refractivity contribution in [2.24, 2.45) is 0 Å². The highest BCUT2D eigenvalue weighted by Crippen LogP contribution is 2.10. The van der Waals surface area contributed by atoms with E-state index in [0.29, 0.717) is 0 Å². The molecule has 2 heteroatoms. The molecule has 0 N–H and O–H groups in total. The van der Waals surface area contributed by atoms with E-state index in [2.05, 4.69) is 64.4 Å². The first-order valence-electron chi connectivity index (χ1n) is 6.30. The van der Waals surface area contributed by atoms with Gasteiger partial charge in [-0.1, -0.05) is 74.8 Å². The van der Waals surface area contributed by atoms with Crippen molar-refractivity contribution in [1.82, 2.24) is 0 Å². The molecule has 90 valence electrons. The molecule has 0 nitrogen and oxygen atoms in total. The summed E-state index contributed by atoms with van der Waals surface area (Å²) in [7, 11) is -2.31. The van der Waals surface area contributed by atoms with Crippen LogP contribution in [0.5, 0.6) is 0 Å². The molecule has 0 amide bonds. The normalized spacial score (nSPS) is 12.9. The lowest BCUT2D eigenvalue weighted by Gasteiger charge is -2.24. The van der Waals surface area contributed by atoms with Gasteiger partial charge in [-0.3, -0.25) is 0 Å². The third-order valence-corrected chi connectivity index (χ3v) is 7.31. The Hall–Kier alpha value is -0.346. The van der Waals surface area contributed by atoms with Gasteiger partial charge in [0.2, 0.25) is 0 Å². The molecule has 0 aliphatic heterocycles. The zero-order valence-electron chi connectivity index (χ0n) is 11.9. The molecule has 0 unspecified atom stereocenters. The highest BCUT2D eigenvalue weighted by atomic mass is 28.3. The summed E-state index contributed by atoms with van der Waals surface area (Å²) in [6, 6.07) is 7.29. The van der Waals surface area contributed by atoms with E-state index >= 15 is 0 Å². The average Bonchev–Trinajstić information content (AvgIpc) is 2.14. The second-order valence-corrected chi connectivity index (χ2v) is 16.8. The lowest BCUT2D eigenvalue weighted by Crippen LogP contribution is -2.44. The SMILES string of the molecule is CCc1cc([Si](C)(C)C)ccc1[Si](C)(C)C. The highest BCUT2D eigenvalue weighted by molar-refractivity contribution is 6.90. The largest absolute Gasteiger partial charge is 0.0779 e. The quantitative estimate of drug-likeness (QED) is 0.722. The van der Waals surface area contributed by atoms with E-state index in [4.69, 9.17) is 0 Å². The molecule has 1 aromatic rings. The number of hydrogen-bond donors (Lipinski definition) is 0.